The molecule has 4 atom stereocenters. The molecule has 0 saturated heterocycles. The van der Waals surface area contributed by atoms with Crippen LogP contribution >= 0.6 is 0 Å². The number of rotatable bonds is 9. The van der Waals surface area contributed by atoms with Gasteiger partial charge in [-0.05, 0) is 0 Å². The fourth-order valence-corrected chi connectivity index (χ4v) is 25.4. The number of benzene rings is 6. The van der Waals surface area contributed by atoms with E-state index in [1.165, 1.54) is 77.9 Å². The van der Waals surface area contributed by atoms with Crippen molar-refractivity contribution in [3.8, 4) is 33.4 Å². The predicted molar refractivity (Wildman–Crippen MR) is 252 cm³/mol. The average Bonchev–Trinajstić information content (AvgIpc) is 3.93. The van der Waals surface area contributed by atoms with E-state index in [2.05, 4.69) is 185 Å². The Balaban J connectivity index is 1.34. The van der Waals surface area contributed by atoms with Crippen molar-refractivity contribution in [1.82, 2.24) is 0 Å². The Kier molecular flexibility index (Phi) is 10.5. The Morgan fingerprint density at radius 2 is 0.983 bits per heavy atom. The summed E-state index contributed by atoms with van der Waals surface area (Å²) in [5.41, 5.74) is 26.6. The van der Waals surface area contributed by atoms with Gasteiger partial charge < -0.3 is 0 Å². The Hall–Kier alpha value is -4.10. The van der Waals surface area contributed by atoms with E-state index in [0.717, 1.165) is 12.8 Å². The molecule has 0 bridgehead atoms. The second kappa shape index (κ2) is 15.5. The molecule has 3 aliphatic rings. The summed E-state index contributed by atoms with van der Waals surface area (Å²) in [6, 6.07) is 41.3. The third kappa shape index (κ3) is 6.40. The fourth-order valence-electron chi connectivity index (χ4n) is 10.9. The topological polar surface area (TPSA) is 0 Å². The first-order chi connectivity index (χ1) is 28.0. The molecule has 0 N–H and O–H groups in total. The van der Waals surface area contributed by atoms with Gasteiger partial charge in [0.2, 0.25) is 0 Å². The van der Waals surface area contributed by atoms with Crippen LogP contribution in [-0.2, 0) is 21.8 Å². The van der Waals surface area contributed by atoms with E-state index in [4.69, 9.17) is 0 Å². The molecule has 0 saturated carbocycles. The monoisotopic (exact) mass is 849 g/mol. The van der Waals surface area contributed by atoms with Crippen molar-refractivity contribution in [2.75, 3.05) is 0 Å². The zero-order valence-electron chi connectivity index (χ0n) is 36.4. The van der Waals surface area contributed by atoms with Crippen LogP contribution in [0.1, 0.15) is 103 Å². The summed E-state index contributed by atoms with van der Waals surface area (Å²) >= 11 is -2.94. The van der Waals surface area contributed by atoms with Crippen LogP contribution in [0.4, 0.5) is 0 Å². The van der Waals surface area contributed by atoms with E-state index in [9.17, 15) is 0 Å². The molecule has 2 heteroatoms. The summed E-state index contributed by atoms with van der Waals surface area (Å²) in [6.07, 6.45) is 7.75. The molecule has 291 valence electrons. The van der Waals surface area contributed by atoms with Gasteiger partial charge in [-0.25, -0.2) is 0 Å². The summed E-state index contributed by atoms with van der Waals surface area (Å²) in [4.78, 5) is 0. The molecule has 2 aliphatic carbocycles. The van der Waals surface area contributed by atoms with Crippen molar-refractivity contribution in [2.24, 2.45) is 11.8 Å². The van der Waals surface area contributed by atoms with Crippen molar-refractivity contribution in [2.45, 2.75) is 89.3 Å². The van der Waals surface area contributed by atoms with Gasteiger partial charge in [0.15, 0.2) is 0 Å². The van der Waals surface area contributed by atoms with Crippen LogP contribution in [0.3, 0.4) is 0 Å². The van der Waals surface area contributed by atoms with E-state index in [0.29, 0.717) is 19.1 Å². The molecular weight excluding hydrogens is 792 g/mol. The predicted octanol–water partition coefficient (Wildman–Crippen LogP) is 12.6. The van der Waals surface area contributed by atoms with E-state index >= 15 is 0 Å². The summed E-state index contributed by atoms with van der Waals surface area (Å²) in [5.74, 6) is 1.02. The van der Waals surface area contributed by atoms with Crippen LogP contribution in [0, 0.1) is 53.4 Å². The molecule has 0 nitrogen and oxygen atoms in total. The van der Waals surface area contributed by atoms with E-state index in [1.807, 2.05) is 0 Å². The first-order valence-corrected chi connectivity index (χ1v) is 27.4. The van der Waals surface area contributed by atoms with Crippen LogP contribution in [0.2, 0.25) is 0 Å². The van der Waals surface area contributed by atoms with Crippen molar-refractivity contribution in [1.29, 1.82) is 0 Å². The molecule has 0 radical (unpaired) electrons. The first-order valence-electron chi connectivity index (χ1n) is 21.9. The molecule has 58 heavy (non-hydrogen) atoms. The van der Waals surface area contributed by atoms with Gasteiger partial charge in [0.25, 0.3) is 0 Å². The maximum atomic E-state index is 2.72. The molecule has 1 aliphatic heterocycles. The number of allylic oxidation sites excluding steroid dienone is 2. The van der Waals surface area contributed by atoms with Gasteiger partial charge in [0.05, 0.1) is 0 Å². The Labute approximate surface area is 359 Å². The van der Waals surface area contributed by atoms with Crippen LogP contribution in [0.25, 0.3) is 45.5 Å². The van der Waals surface area contributed by atoms with Gasteiger partial charge in [0.1, 0.15) is 0 Å². The molecule has 6 aromatic carbocycles. The molecule has 9 rings (SSSR count). The van der Waals surface area contributed by atoms with Gasteiger partial charge >= 0.3 is 362 Å². The third-order valence-corrected chi connectivity index (χ3v) is 26.4. The van der Waals surface area contributed by atoms with Gasteiger partial charge in [-0.1, -0.05) is 0 Å². The molecule has 4 unspecified atom stereocenters. The minimum atomic E-state index is -2.94. The van der Waals surface area contributed by atoms with Crippen LogP contribution < -0.4 is 13.6 Å². The maximum absolute atomic E-state index is 2.94. The molecule has 0 spiro atoms. The zero-order chi connectivity index (χ0) is 40.6. The molecule has 0 amide bonds. The van der Waals surface area contributed by atoms with E-state index < -0.39 is 31.3 Å². The number of hydrogen-bond acceptors (Lipinski definition) is 0. The summed E-state index contributed by atoms with van der Waals surface area (Å²) < 4.78 is 2.71. The molecule has 0 aromatic heterocycles. The van der Waals surface area contributed by atoms with Gasteiger partial charge in [-0.15, -0.1) is 0 Å². The van der Waals surface area contributed by atoms with Gasteiger partial charge in [-0.3, -0.25) is 0 Å². The second-order valence-corrected chi connectivity index (χ2v) is 26.2. The van der Waals surface area contributed by atoms with Crippen molar-refractivity contribution in [3.05, 3.63) is 170 Å². The summed E-state index contributed by atoms with van der Waals surface area (Å²) in [5, 5.41) is 3.39. The van der Waals surface area contributed by atoms with Crippen LogP contribution in [0.15, 0.2) is 114 Å². The quantitative estimate of drug-likeness (QED) is 0.127. The molecule has 0 fully saturated rings. The van der Waals surface area contributed by atoms with E-state index in [-0.39, 0.29) is 0 Å². The number of fused-ring (bicyclic) bond motifs is 5. The van der Waals surface area contributed by atoms with Crippen molar-refractivity contribution in [3.63, 3.8) is 0 Å². The van der Waals surface area contributed by atoms with Crippen LogP contribution in [-0.4, -0.2) is 9.52 Å². The average molecular weight is 851 g/mol. The fraction of sp³-hybridized carbons (Fsp3) is 0.286. The standard InChI is InChI=1S/2C22H25.C12H9Si.Zr/c2*1-6-15(3)19-12-18-8-7-9-20(22(18)13-19)21-11-14(2)10-16(4)17(21)5;1-3-7-11-9(5-1)10-6-2-4-8-12(10)13-11;/h2*7-13,15H,6H2,1-5H3;1-7H,13H2;. The van der Waals surface area contributed by atoms with Gasteiger partial charge in [-0.2, -0.15) is 0 Å². The van der Waals surface area contributed by atoms with Crippen LogP contribution in [0.5, 0.6) is 0 Å². The second-order valence-electron chi connectivity index (χ2n) is 18.0. The Bertz CT molecular complexity index is 2550. The SMILES string of the molecule is CCC(C)C1=Cc2c(-c3cc(C)cc(C)c3C)cccc2[CH]1[Zr]([c]1cccc2c1[SiH2]c1ccccc1-2)[CH]1C(C(C)CC)=Cc2c(-c3cc(C)cc(C)c3C)cccc21. The van der Waals surface area contributed by atoms with Gasteiger partial charge in [0, 0.05) is 0 Å². The zero-order valence-corrected chi connectivity index (χ0v) is 40.3. The number of hydrogen-bond donors (Lipinski definition) is 0. The number of aryl methyl sites for hydroxylation is 4. The van der Waals surface area contributed by atoms with E-state index in [1.54, 1.807) is 35.9 Å². The summed E-state index contributed by atoms with van der Waals surface area (Å²) in [7, 11) is -0.638. The third-order valence-electron chi connectivity index (χ3n) is 14.5. The Morgan fingerprint density at radius 1 is 0.517 bits per heavy atom. The normalized spacial score (nSPS) is 17.7. The first kappa shape index (κ1) is 39.4. The minimum absolute atomic E-state index is 0.456. The molecular formula is C56H59SiZr. The van der Waals surface area contributed by atoms with Crippen molar-refractivity contribution >= 4 is 35.3 Å². The molecule has 6 aromatic rings. The Morgan fingerprint density at radius 3 is 1.50 bits per heavy atom. The summed E-state index contributed by atoms with van der Waals surface area (Å²) in [6.45, 7) is 23.7. The molecule has 1 heterocycles. The van der Waals surface area contributed by atoms with Crippen molar-refractivity contribution < 1.29 is 21.8 Å².